The molecule has 1 aromatic carbocycles. The van der Waals surface area contributed by atoms with Gasteiger partial charge in [0, 0.05) is 13.0 Å². The predicted octanol–water partition coefficient (Wildman–Crippen LogP) is 9.28. The third kappa shape index (κ3) is 19.9. The quantitative estimate of drug-likeness (QED) is 0.152. The molecule has 0 saturated carbocycles. The second kappa shape index (κ2) is 23.2. The lowest BCUT2D eigenvalue weighted by Gasteiger charge is -2.05. The molecule has 0 bridgehead atoms. The first-order chi connectivity index (χ1) is 16.7. The average molecular weight is 473 g/mol. The van der Waals surface area contributed by atoms with E-state index in [0.717, 1.165) is 25.7 Å². The first-order valence-corrected chi connectivity index (χ1v) is 14.7. The van der Waals surface area contributed by atoms with Crippen LogP contribution in [0.15, 0.2) is 24.3 Å². The molecule has 3 heteroatoms. The lowest BCUT2D eigenvalue weighted by atomic mass is 10.0. The number of unbranched alkanes of at least 4 members (excludes halogenated alkanes) is 18. The van der Waals surface area contributed by atoms with E-state index in [1.165, 1.54) is 115 Å². The van der Waals surface area contributed by atoms with Gasteiger partial charge in [0.15, 0.2) is 0 Å². The summed E-state index contributed by atoms with van der Waals surface area (Å²) in [6.07, 6.45) is 28.4. The normalized spacial score (nSPS) is 11.1. The highest BCUT2D eigenvalue weighted by Gasteiger charge is 2.03. The minimum Gasteiger partial charge on any atom is -0.508 e. The largest absolute Gasteiger partial charge is 0.508 e. The van der Waals surface area contributed by atoms with Crippen molar-refractivity contribution in [2.24, 2.45) is 0 Å². The van der Waals surface area contributed by atoms with E-state index in [1.807, 2.05) is 12.1 Å². The Morgan fingerprint density at radius 1 is 0.618 bits per heavy atom. The molecule has 1 radical (unpaired) electrons. The van der Waals surface area contributed by atoms with E-state index in [4.69, 9.17) is 0 Å². The molecule has 1 rings (SSSR count). The molecule has 0 aliphatic heterocycles. The summed E-state index contributed by atoms with van der Waals surface area (Å²) < 4.78 is 0. The number of rotatable bonds is 24. The molecule has 0 atom stereocenters. The van der Waals surface area contributed by atoms with E-state index in [0.29, 0.717) is 18.7 Å². The van der Waals surface area contributed by atoms with Crippen molar-refractivity contribution in [3.05, 3.63) is 29.8 Å². The molecule has 0 aliphatic carbocycles. The van der Waals surface area contributed by atoms with Crippen molar-refractivity contribution in [1.29, 1.82) is 0 Å². The molecule has 195 valence electrons. The molecule has 0 aliphatic rings. The molecule has 1 amide bonds. The van der Waals surface area contributed by atoms with Crippen LogP contribution in [0.2, 0.25) is 0 Å². The van der Waals surface area contributed by atoms with Crippen molar-refractivity contribution in [1.82, 2.24) is 5.32 Å². The number of hydrogen-bond donors (Lipinski definition) is 1. The second-order valence-electron chi connectivity index (χ2n) is 10.2. The molecule has 34 heavy (non-hydrogen) atoms. The third-order valence-electron chi connectivity index (χ3n) is 6.84. The van der Waals surface area contributed by atoms with Gasteiger partial charge >= 0.3 is 0 Å². The molecule has 0 unspecified atom stereocenters. The maximum absolute atomic E-state index is 11.9. The highest BCUT2D eigenvalue weighted by molar-refractivity contribution is 5.75. The number of aryl methyl sites for hydroxylation is 1. The van der Waals surface area contributed by atoms with Crippen LogP contribution in [-0.4, -0.2) is 17.6 Å². The number of amides is 1. The van der Waals surface area contributed by atoms with E-state index in [2.05, 4.69) is 12.2 Å². The summed E-state index contributed by atoms with van der Waals surface area (Å²) in [6, 6.07) is 7.26. The number of phenolic OH excluding ortho intramolecular Hbond substituents is 1. The molecule has 0 fully saturated rings. The van der Waals surface area contributed by atoms with Crippen LogP contribution in [-0.2, 0) is 11.2 Å². The standard InChI is InChI=1S/C31H54NO2/c1-2-3-4-5-6-7-8-9-10-11-12-13-14-15-16-17-18-19-20-23-31(34)32-28-21-22-29-24-26-30(33)27-25-29/h24-27,33H,2-23,28H2,1H3. The Labute approximate surface area is 211 Å². The van der Waals surface area contributed by atoms with Crippen molar-refractivity contribution in [3.8, 4) is 5.75 Å². The van der Waals surface area contributed by atoms with Gasteiger partial charge in [-0.25, -0.2) is 0 Å². The van der Waals surface area contributed by atoms with Crippen LogP contribution < -0.4 is 5.32 Å². The number of carbonyl (C=O) groups excluding carboxylic acids is 1. The van der Waals surface area contributed by atoms with Crippen molar-refractivity contribution in [3.63, 3.8) is 0 Å². The van der Waals surface area contributed by atoms with Gasteiger partial charge in [0.25, 0.3) is 0 Å². The van der Waals surface area contributed by atoms with Crippen LogP contribution in [0.25, 0.3) is 0 Å². The molecule has 0 aromatic heterocycles. The summed E-state index contributed by atoms with van der Waals surface area (Å²) >= 11 is 0. The summed E-state index contributed by atoms with van der Waals surface area (Å²) in [5.74, 6) is 0.362. The molecule has 3 nitrogen and oxygen atoms in total. The van der Waals surface area contributed by atoms with Crippen LogP contribution in [0.3, 0.4) is 0 Å². The third-order valence-corrected chi connectivity index (χ3v) is 6.84. The zero-order valence-electron chi connectivity index (χ0n) is 22.4. The SMILES string of the molecule is CCCCCCCCCCCCCCCCCCCCCC(=O)[N]CCCc1ccc(O)cc1. The van der Waals surface area contributed by atoms with Crippen molar-refractivity contribution >= 4 is 5.91 Å². The molecular weight excluding hydrogens is 418 g/mol. The van der Waals surface area contributed by atoms with Crippen molar-refractivity contribution < 1.29 is 9.90 Å². The van der Waals surface area contributed by atoms with Gasteiger partial charge in [-0.15, -0.1) is 0 Å². The zero-order valence-corrected chi connectivity index (χ0v) is 22.4. The highest BCUT2D eigenvalue weighted by atomic mass is 16.3. The lowest BCUT2D eigenvalue weighted by molar-refractivity contribution is -0.121. The van der Waals surface area contributed by atoms with Crippen LogP contribution in [0.1, 0.15) is 147 Å². The van der Waals surface area contributed by atoms with E-state index >= 15 is 0 Å². The average Bonchev–Trinajstić information content (AvgIpc) is 2.84. The van der Waals surface area contributed by atoms with Gasteiger partial charge < -0.3 is 5.11 Å². The minimum absolute atomic E-state index is 0.0673. The lowest BCUT2D eigenvalue weighted by Crippen LogP contribution is -2.16. The number of carbonyl (C=O) groups is 1. The molecule has 1 aromatic rings. The topological polar surface area (TPSA) is 51.4 Å². The maximum atomic E-state index is 11.9. The summed E-state index contributed by atoms with van der Waals surface area (Å²) in [7, 11) is 0. The van der Waals surface area contributed by atoms with Gasteiger partial charge in [-0.1, -0.05) is 135 Å². The smallest absolute Gasteiger partial charge is 0.241 e. The first-order valence-electron chi connectivity index (χ1n) is 14.7. The first kappa shape index (κ1) is 30.5. The summed E-state index contributed by atoms with van der Waals surface area (Å²) in [6.45, 7) is 2.90. The van der Waals surface area contributed by atoms with Crippen LogP contribution in [0.4, 0.5) is 0 Å². The van der Waals surface area contributed by atoms with E-state index in [-0.39, 0.29) is 5.91 Å². The molecule has 0 spiro atoms. The Balaban J connectivity index is 1.73. The molecule has 0 heterocycles. The number of phenols is 1. The number of aromatic hydroxyl groups is 1. The Bertz CT molecular complexity index is 569. The fraction of sp³-hybridized carbons (Fsp3) is 0.774. The second-order valence-corrected chi connectivity index (χ2v) is 10.2. The molecular formula is C31H54NO2. The van der Waals surface area contributed by atoms with E-state index < -0.39 is 0 Å². The molecule has 0 saturated heterocycles. The Morgan fingerprint density at radius 3 is 1.47 bits per heavy atom. The van der Waals surface area contributed by atoms with Crippen LogP contribution in [0, 0.1) is 0 Å². The fourth-order valence-electron chi connectivity index (χ4n) is 4.58. The summed E-state index contributed by atoms with van der Waals surface area (Å²) in [5, 5.41) is 13.5. The van der Waals surface area contributed by atoms with E-state index in [9.17, 15) is 9.90 Å². The van der Waals surface area contributed by atoms with Gasteiger partial charge in [0.1, 0.15) is 5.75 Å². The monoisotopic (exact) mass is 472 g/mol. The van der Waals surface area contributed by atoms with Gasteiger partial charge in [-0.05, 0) is 37.0 Å². The minimum atomic E-state index is 0.0673. The Morgan fingerprint density at radius 2 is 1.03 bits per heavy atom. The van der Waals surface area contributed by atoms with Gasteiger partial charge in [0.05, 0.1) is 0 Å². The number of benzene rings is 1. The summed E-state index contributed by atoms with van der Waals surface area (Å²) in [5.41, 5.74) is 1.18. The van der Waals surface area contributed by atoms with Gasteiger partial charge in [-0.3, -0.25) is 10.1 Å². The van der Waals surface area contributed by atoms with Gasteiger partial charge in [0.2, 0.25) is 5.91 Å². The van der Waals surface area contributed by atoms with E-state index in [1.54, 1.807) is 12.1 Å². The van der Waals surface area contributed by atoms with Crippen LogP contribution >= 0.6 is 0 Å². The molecule has 1 N–H and O–H groups in total. The number of nitrogens with zero attached hydrogens (tertiary/aromatic N) is 1. The maximum Gasteiger partial charge on any atom is 0.241 e. The highest BCUT2D eigenvalue weighted by Crippen LogP contribution is 2.15. The van der Waals surface area contributed by atoms with Crippen LogP contribution in [0.5, 0.6) is 5.75 Å². The van der Waals surface area contributed by atoms with Gasteiger partial charge in [-0.2, -0.15) is 0 Å². The fourth-order valence-corrected chi connectivity index (χ4v) is 4.58. The zero-order chi connectivity index (χ0) is 24.5. The summed E-state index contributed by atoms with van der Waals surface area (Å²) in [4.78, 5) is 11.9. The predicted molar refractivity (Wildman–Crippen MR) is 146 cm³/mol. The Kier molecular flexibility index (Phi) is 20.9. The van der Waals surface area contributed by atoms with Crippen molar-refractivity contribution in [2.75, 3.05) is 6.54 Å². The number of hydrogen-bond acceptors (Lipinski definition) is 2. The Hall–Kier alpha value is -1.51. The van der Waals surface area contributed by atoms with Crippen molar-refractivity contribution in [2.45, 2.75) is 148 Å².